The highest BCUT2D eigenvalue weighted by molar-refractivity contribution is 14.0. The number of methoxy groups -OCH3 is 1. The topological polar surface area (TPSA) is 72.4 Å². The molecule has 1 fully saturated rings. The molecule has 2 aliphatic rings. The number of nitrogens with zero attached hydrogens (tertiary/aromatic N) is 2. The first-order valence-corrected chi connectivity index (χ1v) is 8.63. The average Bonchev–Trinajstić information content (AvgIpc) is 3.12. The molecule has 0 aliphatic carbocycles. The number of likely N-dealkylation sites (tertiary alicyclic amines) is 1. The van der Waals surface area contributed by atoms with Gasteiger partial charge in [-0.2, -0.15) is 0 Å². The fraction of sp³-hybridized carbons (Fsp3) is 0.556. The summed E-state index contributed by atoms with van der Waals surface area (Å²) in [5, 5.41) is 3.40. The van der Waals surface area contributed by atoms with Crippen molar-refractivity contribution in [1.82, 2.24) is 10.2 Å². The van der Waals surface area contributed by atoms with E-state index in [1.165, 1.54) is 12.7 Å². The molecule has 1 aromatic carbocycles. The van der Waals surface area contributed by atoms with Gasteiger partial charge in [0.2, 0.25) is 6.79 Å². The molecular weight excluding hydrogens is 449 g/mol. The number of fused-ring (bicyclic) bond motifs is 1. The molecule has 0 spiro atoms. The van der Waals surface area contributed by atoms with Gasteiger partial charge in [-0.1, -0.05) is 6.07 Å². The first-order chi connectivity index (χ1) is 12.2. The molecule has 1 N–H and O–H groups in total. The molecule has 0 unspecified atom stereocenters. The van der Waals surface area contributed by atoms with Crippen molar-refractivity contribution in [1.29, 1.82) is 0 Å². The molecule has 3 rings (SSSR count). The molecule has 144 valence electrons. The van der Waals surface area contributed by atoms with Gasteiger partial charge in [0, 0.05) is 26.7 Å². The van der Waals surface area contributed by atoms with Gasteiger partial charge in [-0.15, -0.1) is 24.0 Å². The minimum absolute atomic E-state index is 0. The minimum atomic E-state index is -0.106. The van der Waals surface area contributed by atoms with Crippen LogP contribution in [0.2, 0.25) is 0 Å². The molecule has 0 aromatic heterocycles. The van der Waals surface area contributed by atoms with Crippen molar-refractivity contribution in [2.75, 3.05) is 40.6 Å². The van der Waals surface area contributed by atoms with Gasteiger partial charge in [0.15, 0.2) is 17.5 Å². The summed E-state index contributed by atoms with van der Waals surface area (Å²) in [7, 11) is 3.24. The molecule has 0 atom stereocenters. The van der Waals surface area contributed by atoms with Crippen molar-refractivity contribution in [3.05, 3.63) is 23.8 Å². The molecule has 26 heavy (non-hydrogen) atoms. The van der Waals surface area contributed by atoms with Crippen LogP contribution in [0.4, 0.5) is 0 Å². The highest BCUT2D eigenvalue weighted by Gasteiger charge is 2.26. The highest BCUT2D eigenvalue weighted by Crippen LogP contribution is 2.32. The van der Waals surface area contributed by atoms with E-state index in [1.807, 2.05) is 12.1 Å². The number of piperidine rings is 1. The van der Waals surface area contributed by atoms with E-state index in [0.29, 0.717) is 6.79 Å². The number of benzene rings is 1. The van der Waals surface area contributed by atoms with Gasteiger partial charge in [-0.05, 0) is 37.0 Å². The zero-order valence-corrected chi connectivity index (χ0v) is 17.5. The second-order valence-electron chi connectivity index (χ2n) is 6.20. The van der Waals surface area contributed by atoms with E-state index in [4.69, 9.17) is 14.2 Å². The zero-order valence-electron chi connectivity index (χ0n) is 15.2. The van der Waals surface area contributed by atoms with Crippen LogP contribution in [0.3, 0.4) is 0 Å². The molecule has 1 aromatic rings. The Balaban J connectivity index is 0.00000243. The summed E-state index contributed by atoms with van der Waals surface area (Å²) in [5.41, 5.74) is 1.19. The standard InChI is InChI=1S/C18H25N3O4.HI/c1-19-18(21-9-6-14(7-10-21)17(22)23-2)20-8-5-13-3-4-15-16(11-13)25-12-24-15;/h3-4,11,14H,5-10,12H2,1-2H3,(H,19,20);1H. The maximum absolute atomic E-state index is 11.6. The number of esters is 1. The van der Waals surface area contributed by atoms with Gasteiger partial charge in [0.1, 0.15) is 0 Å². The summed E-state index contributed by atoms with van der Waals surface area (Å²) >= 11 is 0. The monoisotopic (exact) mass is 475 g/mol. The number of hydrogen-bond acceptors (Lipinski definition) is 5. The number of carbonyl (C=O) groups excluding carboxylic acids is 1. The van der Waals surface area contributed by atoms with Crippen molar-refractivity contribution in [3.63, 3.8) is 0 Å². The number of halogens is 1. The van der Waals surface area contributed by atoms with E-state index in [1.54, 1.807) is 7.05 Å². The summed E-state index contributed by atoms with van der Waals surface area (Å²) < 4.78 is 15.6. The fourth-order valence-electron chi connectivity index (χ4n) is 3.24. The minimum Gasteiger partial charge on any atom is -0.469 e. The van der Waals surface area contributed by atoms with Crippen molar-refractivity contribution in [2.24, 2.45) is 10.9 Å². The Bertz CT molecular complexity index is 645. The number of guanidine groups is 1. The molecule has 0 amide bonds. The number of carbonyl (C=O) groups is 1. The summed E-state index contributed by atoms with van der Waals surface area (Å²) in [5.74, 6) is 2.40. The lowest BCUT2D eigenvalue weighted by molar-refractivity contribution is -0.146. The normalized spacial score (nSPS) is 16.8. The predicted octanol–water partition coefficient (Wildman–Crippen LogP) is 2.04. The smallest absolute Gasteiger partial charge is 0.308 e. The Morgan fingerprint density at radius 3 is 2.73 bits per heavy atom. The van der Waals surface area contributed by atoms with Gasteiger partial charge in [0.05, 0.1) is 13.0 Å². The van der Waals surface area contributed by atoms with E-state index < -0.39 is 0 Å². The van der Waals surface area contributed by atoms with Gasteiger partial charge in [-0.3, -0.25) is 9.79 Å². The van der Waals surface area contributed by atoms with Crippen LogP contribution in [-0.2, 0) is 16.0 Å². The van der Waals surface area contributed by atoms with Crippen molar-refractivity contribution >= 4 is 35.9 Å². The van der Waals surface area contributed by atoms with E-state index >= 15 is 0 Å². The first kappa shape index (κ1) is 20.6. The molecular formula is C18H26IN3O4. The molecule has 7 nitrogen and oxygen atoms in total. The van der Waals surface area contributed by atoms with Gasteiger partial charge in [0.25, 0.3) is 0 Å². The van der Waals surface area contributed by atoms with E-state index in [9.17, 15) is 4.79 Å². The molecule has 1 saturated heterocycles. The third-order valence-corrected chi connectivity index (χ3v) is 4.67. The van der Waals surface area contributed by atoms with Crippen LogP contribution in [0, 0.1) is 5.92 Å². The quantitative estimate of drug-likeness (QED) is 0.311. The molecule has 0 bridgehead atoms. The Hall–Kier alpha value is -1.71. The van der Waals surface area contributed by atoms with Crippen molar-refractivity contribution in [3.8, 4) is 11.5 Å². The number of rotatable bonds is 4. The largest absolute Gasteiger partial charge is 0.469 e. The Labute approximate surface area is 171 Å². The third kappa shape index (κ3) is 4.93. The molecule has 2 heterocycles. The maximum atomic E-state index is 11.6. The molecule has 2 aliphatic heterocycles. The summed E-state index contributed by atoms with van der Waals surface area (Å²) in [6.45, 7) is 2.70. The summed E-state index contributed by atoms with van der Waals surface area (Å²) in [4.78, 5) is 18.2. The van der Waals surface area contributed by atoms with Crippen LogP contribution in [0.15, 0.2) is 23.2 Å². The number of hydrogen-bond donors (Lipinski definition) is 1. The maximum Gasteiger partial charge on any atom is 0.308 e. The van der Waals surface area contributed by atoms with Crippen molar-refractivity contribution < 1.29 is 19.0 Å². The number of ether oxygens (including phenoxy) is 3. The second kappa shape index (κ2) is 9.84. The SMILES string of the molecule is CN=C(NCCc1ccc2c(c1)OCO2)N1CCC(C(=O)OC)CC1.I. The highest BCUT2D eigenvalue weighted by atomic mass is 127. The number of aliphatic imine (C=N–C) groups is 1. The zero-order chi connectivity index (χ0) is 17.6. The number of nitrogens with one attached hydrogen (secondary N) is 1. The Morgan fingerprint density at radius 1 is 1.31 bits per heavy atom. The lowest BCUT2D eigenvalue weighted by Crippen LogP contribution is -2.47. The Kier molecular flexibility index (Phi) is 7.80. The summed E-state index contributed by atoms with van der Waals surface area (Å²) in [6.07, 6.45) is 2.47. The lowest BCUT2D eigenvalue weighted by Gasteiger charge is -2.33. The fourth-order valence-corrected chi connectivity index (χ4v) is 3.24. The lowest BCUT2D eigenvalue weighted by atomic mass is 9.97. The first-order valence-electron chi connectivity index (χ1n) is 8.63. The van der Waals surface area contributed by atoms with Crippen LogP contribution >= 0.6 is 24.0 Å². The van der Waals surface area contributed by atoms with E-state index in [-0.39, 0.29) is 35.9 Å². The predicted molar refractivity (Wildman–Crippen MR) is 109 cm³/mol. The van der Waals surface area contributed by atoms with Crippen LogP contribution in [0.5, 0.6) is 11.5 Å². The summed E-state index contributed by atoms with van der Waals surface area (Å²) in [6, 6.07) is 6.03. The Morgan fingerprint density at radius 2 is 2.04 bits per heavy atom. The second-order valence-corrected chi connectivity index (χ2v) is 6.20. The van der Waals surface area contributed by atoms with Crippen LogP contribution in [0.1, 0.15) is 18.4 Å². The van der Waals surface area contributed by atoms with Crippen LogP contribution in [-0.4, -0.2) is 57.4 Å². The average molecular weight is 475 g/mol. The van der Waals surface area contributed by atoms with Crippen LogP contribution < -0.4 is 14.8 Å². The van der Waals surface area contributed by atoms with E-state index in [2.05, 4.69) is 21.3 Å². The van der Waals surface area contributed by atoms with Gasteiger partial charge >= 0.3 is 5.97 Å². The third-order valence-electron chi connectivity index (χ3n) is 4.67. The van der Waals surface area contributed by atoms with Crippen molar-refractivity contribution in [2.45, 2.75) is 19.3 Å². The molecule has 0 radical (unpaired) electrons. The molecule has 8 heteroatoms. The van der Waals surface area contributed by atoms with Gasteiger partial charge in [-0.25, -0.2) is 0 Å². The van der Waals surface area contributed by atoms with E-state index in [0.717, 1.165) is 56.4 Å². The van der Waals surface area contributed by atoms with Gasteiger partial charge < -0.3 is 24.4 Å². The molecule has 0 saturated carbocycles. The van der Waals surface area contributed by atoms with Crippen LogP contribution in [0.25, 0.3) is 0 Å².